The summed E-state index contributed by atoms with van der Waals surface area (Å²) in [5.74, 6) is -0.0655. The van der Waals surface area contributed by atoms with Crippen molar-refractivity contribution in [2.75, 3.05) is 13.1 Å². The Hall–Kier alpha value is -1.44. The second-order valence-electron chi connectivity index (χ2n) is 4.81. The number of carbonyl (C=O) groups excluding carboxylic acids is 1. The number of nitrogens with one attached hydrogen (secondary N) is 1. The Labute approximate surface area is 128 Å². The van der Waals surface area contributed by atoms with Crippen molar-refractivity contribution in [3.05, 3.63) is 33.8 Å². The van der Waals surface area contributed by atoms with Crippen LogP contribution >= 0.6 is 23.2 Å². The molecule has 106 valence electrons. The molecule has 1 N–H and O–H groups in total. The Morgan fingerprint density at radius 1 is 1.50 bits per heavy atom. The van der Waals surface area contributed by atoms with E-state index in [-0.39, 0.29) is 11.9 Å². The Morgan fingerprint density at radius 2 is 2.30 bits per heavy atom. The van der Waals surface area contributed by atoms with E-state index < -0.39 is 0 Å². The van der Waals surface area contributed by atoms with E-state index >= 15 is 0 Å². The zero-order chi connectivity index (χ0) is 14.5. The normalized spacial score (nSPS) is 18.4. The Kier molecular flexibility index (Phi) is 5.11. The molecule has 1 aliphatic heterocycles. The van der Waals surface area contributed by atoms with Gasteiger partial charge in [0.2, 0.25) is 0 Å². The molecule has 0 radical (unpaired) electrons. The molecule has 0 aromatic heterocycles. The van der Waals surface area contributed by atoms with Crippen LogP contribution in [0.25, 0.3) is 0 Å². The SMILES string of the molecule is N#C[C@H]1CCCN(C(=O)NCc2cc(Cl)ccc2Cl)C1. The van der Waals surface area contributed by atoms with Crippen LogP contribution < -0.4 is 5.32 Å². The van der Waals surface area contributed by atoms with E-state index in [0.717, 1.165) is 18.4 Å². The third-order valence-electron chi connectivity index (χ3n) is 3.33. The van der Waals surface area contributed by atoms with Gasteiger partial charge in [-0.2, -0.15) is 5.26 Å². The molecule has 0 spiro atoms. The molecule has 0 aliphatic carbocycles. The number of nitriles is 1. The smallest absolute Gasteiger partial charge is 0.317 e. The van der Waals surface area contributed by atoms with Crippen molar-refractivity contribution in [3.63, 3.8) is 0 Å². The fourth-order valence-corrected chi connectivity index (χ4v) is 2.61. The van der Waals surface area contributed by atoms with Gasteiger partial charge < -0.3 is 10.2 Å². The summed E-state index contributed by atoms with van der Waals surface area (Å²) in [6.07, 6.45) is 1.73. The van der Waals surface area contributed by atoms with Crippen LogP contribution in [-0.2, 0) is 6.54 Å². The number of hydrogen-bond acceptors (Lipinski definition) is 2. The van der Waals surface area contributed by atoms with Gasteiger partial charge in [-0.25, -0.2) is 4.79 Å². The number of nitrogens with zero attached hydrogens (tertiary/aromatic N) is 2. The summed E-state index contributed by atoms with van der Waals surface area (Å²) < 4.78 is 0. The molecule has 0 unspecified atom stereocenters. The Morgan fingerprint density at radius 3 is 3.05 bits per heavy atom. The number of benzene rings is 1. The summed E-state index contributed by atoms with van der Waals surface area (Å²) in [5.41, 5.74) is 0.779. The fourth-order valence-electron chi connectivity index (χ4n) is 2.23. The van der Waals surface area contributed by atoms with Crippen LogP contribution in [0.2, 0.25) is 10.0 Å². The summed E-state index contributed by atoms with van der Waals surface area (Å²) in [6, 6.07) is 7.20. The molecule has 1 atom stereocenters. The van der Waals surface area contributed by atoms with E-state index in [1.165, 1.54) is 0 Å². The summed E-state index contributed by atoms with van der Waals surface area (Å²) in [7, 11) is 0. The van der Waals surface area contributed by atoms with E-state index in [9.17, 15) is 4.79 Å². The van der Waals surface area contributed by atoms with Gasteiger partial charge in [0.1, 0.15) is 0 Å². The quantitative estimate of drug-likeness (QED) is 0.909. The highest BCUT2D eigenvalue weighted by Gasteiger charge is 2.23. The molecular weight excluding hydrogens is 297 g/mol. The predicted molar refractivity (Wildman–Crippen MR) is 78.6 cm³/mol. The lowest BCUT2D eigenvalue weighted by Crippen LogP contribution is -2.45. The maximum Gasteiger partial charge on any atom is 0.317 e. The van der Waals surface area contributed by atoms with Crippen molar-refractivity contribution in [2.24, 2.45) is 5.92 Å². The predicted octanol–water partition coefficient (Wildman–Crippen LogP) is 3.44. The third-order valence-corrected chi connectivity index (χ3v) is 3.93. The first kappa shape index (κ1) is 15.0. The number of piperidine rings is 1. The van der Waals surface area contributed by atoms with Crippen molar-refractivity contribution >= 4 is 29.2 Å². The van der Waals surface area contributed by atoms with Crippen molar-refractivity contribution < 1.29 is 4.79 Å². The first-order valence-corrected chi connectivity index (χ1v) is 7.22. The highest BCUT2D eigenvalue weighted by atomic mass is 35.5. The zero-order valence-electron chi connectivity index (χ0n) is 10.9. The van der Waals surface area contributed by atoms with Gasteiger partial charge in [0, 0.05) is 29.7 Å². The van der Waals surface area contributed by atoms with Crippen LogP contribution in [-0.4, -0.2) is 24.0 Å². The van der Waals surface area contributed by atoms with Crippen LogP contribution in [0.5, 0.6) is 0 Å². The van der Waals surface area contributed by atoms with Crippen LogP contribution in [0.4, 0.5) is 4.79 Å². The monoisotopic (exact) mass is 311 g/mol. The molecule has 1 fully saturated rings. The van der Waals surface area contributed by atoms with Crippen molar-refractivity contribution in [2.45, 2.75) is 19.4 Å². The van der Waals surface area contributed by atoms with Gasteiger partial charge in [0.25, 0.3) is 0 Å². The van der Waals surface area contributed by atoms with Gasteiger partial charge >= 0.3 is 6.03 Å². The molecule has 1 aromatic rings. The molecule has 0 bridgehead atoms. The van der Waals surface area contributed by atoms with Gasteiger partial charge in [-0.05, 0) is 36.6 Å². The van der Waals surface area contributed by atoms with E-state index in [4.69, 9.17) is 28.5 Å². The zero-order valence-corrected chi connectivity index (χ0v) is 12.4. The number of urea groups is 1. The standard InChI is InChI=1S/C14H15Cl2N3O/c15-12-3-4-13(16)11(6-12)8-18-14(20)19-5-1-2-10(7-17)9-19/h3-4,6,10H,1-2,5,8-9H2,(H,18,20)/t10-/m1/s1. The first-order chi connectivity index (χ1) is 9.60. The lowest BCUT2D eigenvalue weighted by Gasteiger charge is -2.29. The topological polar surface area (TPSA) is 56.1 Å². The summed E-state index contributed by atoms with van der Waals surface area (Å²) in [4.78, 5) is 13.7. The number of rotatable bonds is 2. The van der Waals surface area contributed by atoms with Gasteiger partial charge in [-0.1, -0.05) is 23.2 Å². The summed E-state index contributed by atoms with van der Waals surface area (Å²) >= 11 is 11.9. The van der Waals surface area contributed by atoms with Crippen LogP contribution in [0.15, 0.2) is 18.2 Å². The van der Waals surface area contributed by atoms with Crippen LogP contribution in [0, 0.1) is 17.2 Å². The van der Waals surface area contributed by atoms with Gasteiger partial charge in [-0.15, -0.1) is 0 Å². The lowest BCUT2D eigenvalue weighted by atomic mass is 10.0. The number of hydrogen-bond donors (Lipinski definition) is 1. The molecule has 1 saturated heterocycles. The van der Waals surface area contributed by atoms with Crippen molar-refractivity contribution in [1.82, 2.24) is 10.2 Å². The average molecular weight is 312 g/mol. The molecule has 1 aliphatic rings. The highest BCUT2D eigenvalue weighted by molar-refractivity contribution is 6.33. The number of carbonyl (C=O) groups is 1. The van der Waals surface area contributed by atoms with E-state index in [1.54, 1.807) is 23.1 Å². The molecule has 1 aromatic carbocycles. The summed E-state index contributed by atoms with van der Waals surface area (Å²) in [6.45, 7) is 1.50. The number of amides is 2. The van der Waals surface area contributed by atoms with Crippen molar-refractivity contribution in [3.8, 4) is 6.07 Å². The van der Waals surface area contributed by atoms with Crippen LogP contribution in [0.3, 0.4) is 0 Å². The molecule has 2 rings (SSSR count). The minimum Gasteiger partial charge on any atom is -0.334 e. The third kappa shape index (κ3) is 3.78. The van der Waals surface area contributed by atoms with Gasteiger partial charge in [0.15, 0.2) is 0 Å². The fraction of sp³-hybridized carbons (Fsp3) is 0.429. The molecule has 4 nitrogen and oxygen atoms in total. The number of likely N-dealkylation sites (tertiary alicyclic amines) is 1. The molecule has 6 heteroatoms. The largest absolute Gasteiger partial charge is 0.334 e. The molecule has 1 heterocycles. The molecule has 20 heavy (non-hydrogen) atoms. The lowest BCUT2D eigenvalue weighted by molar-refractivity contribution is 0.176. The van der Waals surface area contributed by atoms with Gasteiger partial charge in [0.05, 0.1) is 12.0 Å². The summed E-state index contributed by atoms with van der Waals surface area (Å²) in [5, 5.41) is 12.9. The Bertz CT molecular complexity index is 542. The molecule has 0 saturated carbocycles. The van der Waals surface area contributed by atoms with Crippen molar-refractivity contribution in [1.29, 1.82) is 5.26 Å². The minimum absolute atomic E-state index is 0.0655. The Balaban J connectivity index is 1.92. The highest BCUT2D eigenvalue weighted by Crippen LogP contribution is 2.21. The maximum absolute atomic E-state index is 12.1. The van der Waals surface area contributed by atoms with E-state index in [2.05, 4.69) is 11.4 Å². The second kappa shape index (κ2) is 6.83. The molecular formula is C14H15Cl2N3O. The van der Waals surface area contributed by atoms with Crippen LogP contribution in [0.1, 0.15) is 18.4 Å². The average Bonchev–Trinajstić information content (AvgIpc) is 2.48. The van der Waals surface area contributed by atoms with Gasteiger partial charge in [-0.3, -0.25) is 0 Å². The first-order valence-electron chi connectivity index (χ1n) is 6.46. The van der Waals surface area contributed by atoms with E-state index in [0.29, 0.717) is 29.7 Å². The molecule has 2 amide bonds. The maximum atomic E-state index is 12.1. The van der Waals surface area contributed by atoms with E-state index in [1.807, 2.05) is 0 Å². The minimum atomic E-state index is -0.166. The second-order valence-corrected chi connectivity index (χ2v) is 5.65. The number of halogens is 2.